The Morgan fingerprint density at radius 2 is 1.88 bits per heavy atom. The molecule has 1 aromatic rings. The lowest BCUT2D eigenvalue weighted by molar-refractivity contribution is 0.616. The van der Waals surface area contributed by atoms with Crippen LogP contribution >= 0.6 is 11.6 Å². The van der Waals surface area contributed by atoms with E-state index in [0.717, 1.165) is 5.56 Å². The Balaban J connectivity index is 2.78. The van der Waals surface area contributed by atoms with E-state index < -0.39 is 11.0 Å². The summed E-state index contributed by atoms with van der Waals surface area (Å²) >= 11 is 6.08. The molecular formula is C12H18ClNOS. The molecule has 4 heteroatoms. The van der Waals surface area contributed by atoms with E-state index in [9.17, 15) is 4.21 Å². The highest BCUT2D eigenvalue weighted by atomic mass is 35.5. The highest BCUT2D eigenvalue weighted by molar-refractivity contribution is 7.84. The van der Waals surface area contributed by atoms with Gasteiger partial charge < -0.3 is 0 Å². The molecule has 0 aliphatic carbocycles. The molecule has 0 amide bonds. The summed E-state index contributed by atoms with van der Waals surface area (Å²) in [6, 6.07) is 7.59. The van der Waals surface area contributed by atoms with E-state index in [1.54, 1.807) is 0 Å². The summed E-state index contributed by atoms with van der Waals surface area (Å²) in [6.45, 7) is 7.78. The van der Waals surface area contributed by atoms with Gasteiger partial charge in [-0.25, -0.2) is 8.93 Å². The van der Waals surface area contributed by atoms with Gasteiger partial charge in [0.15, 0.2) is 0 Å². The summed E-state index contributed by atoms with van der Waals surface area (Å²) in [5, 5.41) is 0.702. The van der Waals surface area contributed by atoms with E-state index >= 15 is 0 Å². The molecule has 0 saturated heterocycles. The number of halogens is 1. The predicted octanol–water partition coefficient (Wildman–Crippen LogP) is 3.45. The van der Waals surface area contributed by atoms with Crippen molar-refractivity contribution in [1.82, 2.24) is 4.72 Å². The van der Waals surface area contributed by atoms with Gasteiger partial charge >= 0.3 is 0 Å². The van der Waals surface area contributed by atoms with Crippen molar-refractivity contribution >= 4 is 22.6 Å². The Labute approximate surface area is 105 Å². The van der Waals surface area contributed by atoms with Crippen LogP contribution in [0.5, 0.6) is 0 Å². The number of hydrogen-bond acceptors (Lipinski definition) is 1. The Morgan fingerprint density at radius 1 is 1.31 bits per heavy atom. The molecular weight excluding hydrogens is 242 g/mol. The second kappa shape index (κ2) is 5.30. The summed E-state index contributed by atoms with van der Waals surface area (Å²) in [5.41, 5.74) is 0.974. The molecule has 90 valence electrons. The first-order valence-corrected chi connectivity index (χ1v) is 6.77. The minimum absolute atomic E-state index is 0.0197. The fraction of sp³-hybridized carbons (Fsp3) is 0.500. The van der Waals surface area contributed by atoms with Crippen molar-refractivity contribution < 1.29 is 4.21 Å². The Hall–Kier alpha value is -0.380. The summed E-state index contributed by atoms with van der Waals surface area (Å²) in [4.78, 5) is 0. The SMILES string of the molecule is CC(NS(=O)C(C)(C)C)c1ccccc1Cl. The van der Waals surface area contributed by atoms with Gasteiger partial charge in [0.1, 0.15) is 0 Å². The summed E-state index contributed by atoms with van der Waals surface area (Å²) < 4.78 is 14.7. The van der Waals surface area contributed by atoms with E-state index in [1.807, 2.05) is 52.0 Å². The number of hydrogen-bond donors (Lipinski definition) is 1. The van der Waals surface area contributed by atoms with Gasteiger partial charge in [0.2, 0.25) is 0 Å². The molecule has 1 N–H and O–H groups in total. The fourth-order valence-corrected chi connectivity index (χ4v) is 2.33. The second-order valence-electron chi connectivity index (χ2n) is 4.74. The van der Waals surface area contributed by atoms with Gasteiger partial charge in [-0.3, -0.25) is 0 Å². The maximum absolute atomic E-state index is 11.9. The Bertz CT molecular complexity index is 387. The first-order chi connectivity index (χ1) is 7.32. The molecule has 0 aliphatic rings. The lowest BCUT2D eigenvalue weighted by atomic mass is 10.1. The van der Waals surface area contributed by atoms with Crippen molar-refractivity contribution in [3.63, 3.8) is 0 Å². The monoisotopic (exact) mass is 259 g/mol. The van der Waals surface area contributed by atoms with Crippen LogP contribution in [-0.4, -0.2) is 8.96 Å². The zero-order chi connectivity index (χ0) is 12.3. The van der Waals surface area contributed by atoms with Crippen molar-refractivity contribution in [1.29, 1.82) is 0 Å². The van der Waals surface area contributed by atoms with Gasteiger partial charge in [-0.2, -0.15) is 0 Å². The van der Waals surface area contributed by atoms with Gasteiger partial charge in [-0.1, -0.05) is 29.8 Å². The largest absolute Gasteiger partial charge is 0.242 e. The minimum atomic E-state index is -1.08. The third-order valence-electron chi connectivity index (χ3n) is 2.21. The smallest absolute Gasteiger partial charge is 0.0975 e. The molecule has 0 saturated carbocycles. The molecule has 1 rings (SSSR count). The number of rotatable bonds is 3. The maximum Gasteiger partial charge on any atom is 0.0975 e. The molecule has 0 spiro atoms. The molecule has 16 heavy (non-hydrogen) atoms. The van der Waals surface area contributed by atoms with Crippen molar-refractivity contribution in [2.45, 2.75) is 38.5 Å². The standard InChI is InChI=1S/C12H18ClNOS/c1-9(14-16(15)12(2,3)4)10-7-5-6-8-11(10)13/h5-9,14H,1-4H3. The van der Waals surface area contributed by atoms with Crippen LogP contribution in [-0.2, 0) is 11.0 Å². The minimum Gasteiger partial charge on any atom is -0.242 e. The van der Waals surface area contributed by atoms with Crippen LogP contribution in [0.4, 0.5) is 0 Å². The van der Waals surface area contributed by atoms with E-state index in [-0.39, 0.29) is 10.8 Å². The molecule has 2 atom stereocenters. The van der Waals surface area contributed by atoms with Crippen molar-refractivity contribution in [3.8, 4) is 0 Å². The first kappa shape index (κ1) is 13.7. The van der Waals surface area contributed by atoms with Gasteiger partial charge in [-0.05, 0) is 39.3 Å². The first-order valence-electron chi connectivity index (χ1n) is 5.25. The third kappa shape index (κ3) is 3.58. The Kier molecular flexibility index (Phi) is 4.53. The van der Waals surface area contributed by atoms with Crippen LogP contribution in [0, 0.1) is 0 Å². The van der Waals surface area contributed by atoms with Crippen molar-refractivity contribution in [3.05, 3.63) is 34.9 Å². The molecule has 0 aliphatic heterocycles. The van der Waals surface area contributed by atoms with Gasteiger partial charge in [-0.15, -0.1) is 0 Å². The normalized spacial score (nSPS) is 15.8. The Morgan fingerprint density at radius 3 is 2.38 bits per heavy atom. The van der Waals surface area contributed by atoms with Gasteiger partial charge in [0.05, 0.1) is 15.7 Å². The lowest BCUT2D eigenvalue weighted by Gasteiger charge is -2.22. The van der Waals surface area contributed by atoms with Crippen LogP contribution in [0.25, 0.3) is 0 Å². The predicted molar refractivity (Wildman–Crippen MR) is 70.9 cm³/mol. The van der Waals surface area contributed by atoms with E-state index in [0.29, 0.717) is 5.02 Å². The van der Waals surface area contributed by atoms with E-state index in [4.69, 9.17) is 11.6 Å². The molecule has 2 nitrogen and oxygen atoms in total. The van der Waals surface area contributed by atoms with Crippen LogP contribution in [0.1, 0.15) is 39.3 Å². The molecule has 0 fully saturated rings. The quantitative estimate of drug-likeness (QED) is 0.885. The van der Waals surface area contributed by atoms with Crippen LogP contribution in [0.2, 0.25) is 5.02 Å². The van der Waals surface area contributed by atoms with E-state index in [1.165, 1.54) is 0 Å². The molecule has 2 unspecified atom stereocenters. The molecule has 0 bridgehead atoms. The van der Waals surface area contributed by atoms with Crippen molar-refractivity contribution in [2.75, 3.05) is 0 Å². The van der Waals surface area contributed by atoms with Crippen molar-refractivity contribution in [2.24, 2.45) is 0 Å². The molecule has 0 heterocycles. The summed E-state index contributed by atoms with van der Waals surface area (Å²) in [6.07, 6.45) is 0. The van der Waals surface area contributed by atoms with Crippen LogP contribution < -0.4 is 4.72 Å². The molecule has 0 radical (unpaired) electrons. The van der Waals surface area contributed by atoms with Crippen LogP contribution in [0.3, 0.4) is 0 Å². The van der Waals surface area contributed by atoms with E-state index in [2.05, 4.69) is 4.72 Å². The highest BCUT2D eigenvalue weighted by Gasteiger charge is 2.22. The zero-order valence-electron chi connectivity index (χ0n) is 10.1. The van der Waals surface area contributed by atoms with Crippen LogP contribution in [0.15, 0.2) is 24.3 Å². The second-order valence-corrected chi connectivity index (χ2v) is 7.15. The fourth-order valence-electron chi connectivity index (χ4n) is 1.23. The van der Waals surface area contributed by atoms with Gasteiger partial charge in [0.25, 0.3) is 0 Å². The third-order valence-corrected chi connectivity index (χ3v) is 4.24. The topological polar surface area (TPSA) is 29.1 Å². The lowest BCUT2D eigenvalue weighted by Crippen LogP contribution is -2.34. The highest BCUT2D eigenvalue weighted by Crippen LogP contribution is 2.23. The molecule has 0 aromatic heterocycles. The average molecular weight is 260 g/mol. The van der Waals surface area contributed by atoms with Gasteiger partial charge in [0, 0.05) is 11.1 Å². The maximum atomic E-state index is 11.9. The average Bonchev–Trinajstić information content (AvgIpc) is 2.16. The summed E-state index contributed by atoms with van der Waals surface area (Å²) in [7, 11) is -1.08. The number of nitrogens with one attached hydrogen (secondary N) is 1. The summed E-state index contributed by atoms with van der Waals surface area (Å²) in [5.74, 6) is 0. The number of benzene rings is 1. The molecule has 1 aromatic carbocycles. The zero-order valence-corrected chi connectivity index (χ0v) is 11.7.